The van der Waals surface area contributed by atoms with E-state index < -0.39 is 0 Å². The van der Waals surface area contributed by atoms with Crippen LogP contribution in [-0.2, 0) is 13.0 Å². The van der Waals surface area contributed by atoms with Gasteiger partial charge in [-0.2, -0.15) is 0 Å². The molecule has 0 fully saturated rings. The Kier molecular flexibility index (Phi) is 2.78. The zero-order valence-corrected chi connectivity index (χ0v) is 10.3. The van der Waals surface area contributed by atoms with E-state index in [-0.39, 0.29) is 0 Å². The van der Waals surface area contributed by atoms with E-state index in [1.807, 2.05) is 6.07 Å². The van der Waals surface area contributed by atoms with Crippen LogP contribution < -0.4 is 4.90 Å². The predicted octanol–water partition coefficient (Wildman–Crippen LogP) is 3.23. The minimum absolute atomic E-state index is 0.975. The first-order valence-corrected chi connectivity index (χ1v) is 6.25. The average molecular weight is 233 g/mol. The van der Waals surface area contributed by atoms with Gasteiger partial charge < -0.3 is 4.90 Å². The lowest BCUT2D eigenvalue weighted by Gasteiger charge is -2.19. The molecule has 1 nitrogen and oxygen atoms in total. The lowest BCUT2D eigenvalue weighted by Crippen LogP contribution is -2.19. The van der Waals surface area contributed by atoms with Crippen molar-refractivity contribution >= 4 is 5.69 Å². The van der Waals surface area contributed by atoms with E-state index in [2.05, 4.69) is 53.3 Å². The summed E-state index contributed by atoms with van der Waals surface area (Å²) in [5.41, 5.74) is 5.04. The number of benzene rings is 2. The molecular formula is C17H15N. The minimum Gasteiger partial charge on any atom is -0.367 e. The molecule has 1 aliphatic rings. The molecule has 0 unspecified atom stereocenters. The van der Waals surface area contributed by atoms with Crippen molar-refractivity contribution in [3.8, 4) is 12.3 Å². The van der Waals surface area contributed by atoms with Gasteiger partial charge in [0.15, 0.2) is 0 Å². The smallest absolute Gasteiger partial charge is 0.0429 e. The van der Waals surface area contributed by atoms with Crippen LogP contribution in [0.25, 0.3) is 0 Å². The van der Waals surface area contributed by atoms with Crippen molar-refractivity contribution in [3.63, 3.8) is 0 Å². The van der Waals surface area contributed by atoms with Gasteiger partial charge in [-0.05, 0) is 35.7 Å². The van der Waals surface area contributed by atoms with Gasteiger partial charge in [0.2, 0.25) is 0 Å². The summed E-state index contributed by atoms with van der Waals surface area (Å²) in [4.78, 5) is 2.42. The van der Waals surface area contributed by atoms with Gasteiger partial charge in [-0.25, -0.2) is 0 Å². The molecule has 2 aromatic rings. The SMILES string of the molecule is C#Cc1ccc2c(c1)CCN2Cc1ccccc1. The number of nitrogens with zero attached hydrogens (tertiary/aromatic N) is 1. The van der Waals surface area contributed by atoms with E-state index in [0.29, 0.717) is 0 Å². The summed E-state index contributed by atoms with van der Waals surface area (Å²) in [6, 6.07) is 16.9. The van der Waals surface area contributed by atoms with Crippen molar-refractivity contribution in [2.24, 2.45) is 0 Å². The minimum atomic E-state index is 0.975. The molecule has 0 amide bonds. The Morgan fingerprint density at radius 3 is 2.72 bits per heavy atom. The summed E-state index contributed by atoms with van der Waals surface area (Å²) >= 11 is 0. The zero-order chi connectivity index (χ0) is 12.4. The zero-order valence-electron chi connectivity index (χ0n) is 10.3. The first-order chi connectivity index (χ1) is 8.86. The van der Waals surface area contributed by atoms with Crippen LogP contribution in [0, 0.1) is 12.3 Å². The Hall–Kier alpha value is -2.20. The van der Waals surface area contributed by atoms with E-state index in [1.165, 1.54) is 16.8 Å². The first kappa shape index (κ1) is 10.9. The third-order valence-corrected chi connectivity index (χ3v) is 3.45. The molecule has 0 saturated heterocycles. The van der Waals surface area contributed by atoms with Crippen molar-refractivity contribution < 1.29 is 0 Å². The Morgan fingerprint density at radius 2 is 1.94 bits per heavy atom. The summed E-state index contributed by atoms with van der Waals surface area (Å²) in [5.74, 6) is 2.70. The van der Waals surface area contributed by atoms with Crippen LogP contribution in [0.2, 0.25) is 0 Å². The fourth-order valence-corrected chi connectivity index (χ4v) is 2.53. The van der Waals surface area contributed by atoms with Crippen molar-refractivity contribution in [1.82, 2.24) is 0 Å². The van der Waals surface area contributed by atoms with Crippen LogP contribution in [0.4, 0.5) is 5.69 Å². The summed E-state index contributed by atoms with van der Waals surface area (Å²) < 4.78 is 0. The van der Waals surface area contributed by atoms with Gasteiger partial charge in [-0.3, -0.25) is 0 Å². The summed E-state index contributed by atoms with van der Waals surface area (Å²) in [7, 11) is 0. The van der Waals surface area contributed by atoms with Gasteiger partial charge in [0.1, 0.15) is 0 Å². The maximum absolute atomic E-state index is 5.44. The molecule has 0 bridgehead atoms. The normalized spacial score (nSPS) is 13.2. The van der Waals surface area contributed by atoms with Gasteiger partial charge in [0, 0.05) is 24.3 Å². The standard InChI is InChI=1S/C17H15N/c1-2-14-8-9-17-16(12-14)10-11-18(17)13-15-6-4-3-5-7-15/h1,3-9,12H,10-11,13H2. The maximum atomic E-state index is 5.44. The molecule has 18 heavy (non-hydrogen) atoms. The highest BCUT2D eigenvalue weighted by Crippen LogP contribution is 2.29. The third-order valence-electron chi connectivity index (χ3n) is 3.45. The van der Waals surface area contributed by atoms with Crippen molar-refractivity contribution in [2.45, 2.75) is 13.0 Å². The van der Waals surface area contributed by atoms with Crippen LogP contribution in [0.1, 0.15) is 16.7 Å². The molecular weight excluding hydrogens is 218 g/mol. The third kappa shape index (κ3) is 1.98. The Bertz CT molecular complexity index is 593. The van der Waals surface area contributed by atoms with Crippen molar-refractivity contribution in [3.05, 3.63) is 65.2 Å². The molecule has 0 saturated carbocycles. The first-order valence-electron chi connectivity index (χ1n) is 6.25. The lowest BCUT2D eigenvalue weighted by molar-refractivity contribution is 0.836. The van der Waals surface area contributed by atoms with Crippen molar-refractivity contribution in [1.29, 1.82) is 0 Å². The summed E-state index contributed by atoms with van der Waals surface area (Å²) in [5, 5.41) is 0. The second kappa shape index (κ2) is 4.58. The molecule has 0 aromatic heterocycles. The van der Waals surface area contributed by atoms with Gasteiger partial charge in [0.05, 0.1) is 0 Å². The van der Waals surface area contributed by atoms with Crippen molar-refractivity contribution in [2.75, 3.05) is 11.4 Å². The van der Waals surface area contributed by atoms with Gasteiger partial charge in [0.25, 0.3) is 0 Å². The Morgan fingerprint density at radius 1 is 1.11 bits per heavy atom. The molecule has 3 rings (SSSR count). The number of fused-ring (bicyclic) bond motifs is 1. The molecule has 1 heteroatoms. The second-order valence-electron chi connectivity index (χ2n) is 4.64. The van der Waals surface area contributed by atoms with Crippen LogP contribution in [0.5, 0.6) is 0 Å². The Labute approximate surface area is 108 Å². The molecule has 0 radical (unpaired) electrons. The van der Waals surface area contributed by atoms with E-state index in [0.717, 1.165) is 25.1 Å². The van der Waals surface area contributed by atoms with Gasteiger partial charge in [-0.15, -0.1) is 6.42 Å². The average Bonchev–Trinajstić information content (AvgIpc) is 2.82. The van der Waals surface area contributed by atoms with E-state index in [4.69, 9.17) is 6.42 Å². The monoisotopic (exact) mass is 233 g/mol. The van der Waals surface area contributed by atoms with E-state index >= 15 is 0 Å². The van der Waals surface area contributed by atoms with E-state index in [1.54, 1.807) is 0 Å². The fraction of sp³-hybridized carbons (Fsp3) is 0.176. The Balaban J connectivity index is 1.85. The number of anilines is 1. The number of hydrogen-bond donors (Lipinski definition) is 0. The van der Waals surface area contributed by atoms with Gasteiger partial charge in [-0.1, -0.05) is 36.3 Å². The molecule has 0 spiro atoms. The quantitative estimate of drug-likeness (QED) is 0.720. The highest BCUT2D eigenvalue weighted by Gasteiger charge is 2.18. The highest BCUT2D eigenvalue weighted by molar-refractivity contribution is 5.60. The molecule has 1 heterocycles. The largest absolute Gasteiger partial charge is 0.367 e. The predicted molar refractivity (Wildman–Crippen MR) is 75.6 cm³/mol. The number of hydrogen-bond acceptors (Lipinski definition) is 1. The maximum Gasteiger partial charge on any atom is 0.0429 e. The second-order valence-corrected chi connectivity index (χ2v) is 4.64. The lowest BCUT2D eigenvalue weighted by atomic mass is 10.1. The topological polar surface area (TPSA) is 3.24 Å². The molecule has 0 N–H and O–H groups in total. The molecule has 1 aliphatic heterocycles. The number of terminal acetylenes is 1. The van der Waals surface area contributed by atoms with Crippen LogP contribution in [0.3, 0.4) is 0 Å². The number of rotatable bonds is 2. The summed E-state index contributed by atoms with van der Waals surface area (Å²) in [6.07, 6.45) is 6.53. The molecule has 0 aliphatic carbocycles. The van der Waals surface area contributed by atoms with Crippen LogP contribution >= 0.6 is 0 Å². The van der Waals surface area contributed by atoms with Crippen LogP contribution in [0.15, 0.2) is 48.5 Å². The van der Waals surface area contributed by atoms with E-state index in [9.17, 15) is 0 Å². The molecule has 0 atom stereocenters. The van der Waals surface area contributed by atoms with Crippen LogP contribution in [-0.4, -0.2) is 6.54 Å². The summed E-state index contributed by atoms with van der Waals surface area (Å²) in [6.45, 7) is 2.06. The van der Waals surface area contributed by atoms with Gasteiger partial charge >= 0.3 is 0 Å². The highest BCUT2D eigenvalue weighted by atomic mass is 15.1. The molecule has 2 aromatic carbocycles. The molecule has 88 valence electrons. The fourth-order valence-electron chi connectivity index (χ4n) is 2.53.